The van der Waals surface area contributed by atoms with Crippen LogP contribution in [0.1, 0.15) is 5.82 Å². The summed E-state index contributed by atoms with van der Waals surface area (Å²) in [7, 11) is 0. The predicted molar refractivity (Wildman–Crippen MR) is 57.2 cm³/mol. The van der Waals surface area contributed by atoms with E-state index in [1.807, 2.05) is 0 Å². The van der Waals surface area contributed by atoms with Crippen LogP contribution in [0.5, 0.6) is 0 Å². The lowest BCUT2D eigenvalue weighted by molar-refractivity contribution is -0.146. The van der Waals surface area contributed by atoms with Gasteiger partial charge < -0.3 is 0 Å². The molecule has 0 saturated carbocycles. The molecule has 1 aromatic rings. The van der Waals surface area contributed by atoms with Gasteiger partial charge in [-0.1, -0.05) is 15.9 Å². The Morgan fingerprint density at radius 3 is 2.38 bits per heavy atom. The zero-order valence-electron chi connectivity index (χ0n) is 8.41. The lowest BCUT2D eigenvalue weighted by atomic mass is 10.4. The summed E-state index contributed by atoms with van der Waals surface area (Å²) in [6.07, 6.45) is -1.17. The summed E-state index contributed by atoms with van der Waals surface area (Å²) in [5.41, 5.74) is 0. The van der Waals surface area contributed by atoms with Crippen molar-refractivity contribution in [2.24, 2.45) is 0 Å². The Morgan fingerprint density at radius 2 is 1.88 bits per heavy atom. The van der Waals surface area contributed by atoms with Gasteiger partial charge in [0.05, 0.1) is 13.1 Å². The van der Waals surface area contributed by atoms with Gasteiger partial charge >= 0.3 is 6.18 Å². The first kappa shape index (κ1) is 13.4. The number of nitrogens with zero attached hydrogens (tertiary/aromatic N) is 3. The Kier molecular flexibility index (Phi) is 5.14. The maximum atomic E-state index is 12.2. The first-order valence-corrected chi connectivity index (χ1v) is 5.74. The molecule has 0 aliphatic rings. The molecule has 1 heterocycles. The highest BCUT2D eigenvalue weighted by Gasteiger charge is 2.30. The molecule has 0 bridgehead atoms. The number of alkyl halides is 4. The van der Waals surface area contributed by atoms with Crippen LogP contribution in [0.2, 0.25) is 0 Å². The molecular formula is C9H11BrF3N3. The minimum Gasteiger partial charge on any atom is -0.287 e. The number of rotatable bonds is 5. The molecular weight excluding hydrogens is 287 g/mol. The summed E-state index contributed by atoms with van der Waals surface area (Å²) >= 11 is 3.12. The fourth-order valence-corrected chi connectivity index (χ4v) is 1.70. The highest BCUT2D eigenvalue weighted by Crippen LogP contribution is 2.17. The van der Waals surface area contributed by atoms with E-state index in [1.165, 1.54) is 17.3 Å². The highest BCUT2D eigenvalue weighted by atomic mass is 79.9. The number of halogens is 4. The van der Waals surface area contributed by atoms with Crippen molar-refractivity contribution in [1.82, 2.24) is 14.9 Å². The van der Waals surface area contributed by atoms with Gasteiger partial charge in [-0.05, 0) is 6.07 Å². The zero-order chi connectivity index (χ0) is 12.0. The van der Waals surface area contributed by atoms with E-state index < -0.39 is 12.7 Å². The second kappa shape index (κ2) is 6.15. The summed E-state index contributed by atoms with van der Waals surface area (Å²) < 4.78 is 36.7. The lowest BCUT2D eigenvalue weighted by Crippen LogP contribution is -2.35. The molecule has 0 aliphatic heterocycles. The quantitative estimate of drug-likeness (QED) is 0.781. The van der Waals surface area contributed by atoms with Crippen molar-refractivity contribution < 1.29 is 13.2 Å². The van der Waals surface area contributed by atoms with E-state index in [0.717, 1.165) is 0 Å². The summed E-state index contributed by atoms with van der Waals surface area (Å²) in [5, 5.41) is 0.482. The first-order valence-electron chi connectivity index (χ1n) is 4.62. The van der Waals surface area contributed by atoms with Crippen LogP contribution in [0.4, 0.5) is 13.2 Å². The Balaban J connectivity index is 2.58. The fourth-order valence-electron chi connectivity index (χ4n) is 1.20. The molecule has 0 atom stereocenters. The molecule has 90 valence electrons. The van der Waals surface area contributed by atoms with E-state index in [-0.39, 0.29) is 6.54 Å². The maximum absolute atomic E-state index is 12.2. The van der Waals surface area contributed by atoms with Gasteiger partial charge in [0, 0.05) is 24.3 Å². The maximum Gasteiger partial charge on any atom is 0.401 e. The predicted octanol–water partition coefficient (Wildman–Crippen LogP) is 2.24. The van der Waals surface area contributed by atoms with Crippen LogP contribution in [0, 0.1) is 0 Å². The van der Waals surface area contributed by atoms with Crippen LogP contribution in [0.25, 0.3) is 0 Å². The molecule has 0 fully saturated rings. The van der Waals surface area contributed by atoms with E-state index >= 15 is 0 Å². The summed E-state index contributed by atoms with van der Waals surface area (Å²) in [6.45, 7) is -0.541. The SMILES string of the molecule is FC(F)(F)CN(CCBr)Cc1ncccn1. The Hall–Kier alpha value is -0.690. The second-order valence-electron chi connectivity index (χ2n) is 3.18. The van der Waals surface area contributed by atoms with Crippen molar-refractivity contribution in [3.63, 3.8) is 0 Å². The minimum absolute atomic E-state index is 0.103. The minimum atomic E-state index is -4.20. The van der Waals surface area contributed by atoms with Crippen LogP contribution in [0.3, 0.4) is 0 Å². The third-order valence-electron chi connectivity index (χ3n) is 1.79. The van der Waals surface area contributed by atoms with Crippen LogP contribution in [0.15, 0.2) is 18.5 Å². The van der Waals surface area contributed by atoms with Crippen LogP contribution < -0.4 is 0 Å². The van der Waals surface area contributed by atoms with E-state index in [4.69, 9.17) is 0 Å². The summed E-state index contributed by atoms with van der Waals surface area (Å²) in [6, 6.07) is 1.63. The van der Waals surface area contributed by atoms with Gasteiger partial charge in [0.2, 0.25) is 0 Å². The first-order chi connectivity index (χ1) is 7.51. The van der Waals surface area contributed by atoms with Gasteiger partial charge in [0.1, 0.15) is 5.82 Å². The largest absolute Gasteiger partial charge is 0.401 e. The topological polar surface area (TPSA) is 29.0 Å². The Morgan fingerprint density at radius 1 is 1.25 bits per heavy atom. The van der Waals surface area contributed by atoms with Gasteiger partial charge in [0.15, 0.2) is 0 Å². The molecule has 16 heavy (non-hydrogen) atoms. The van der Waals surface area contributed by atoms with Crippen LogP contribution >= 0.6 is 15.9 Å². The molecule has 0 N–H and O–H groups in total. The zero-order valence-corrected chi connectivity index (χ0v) is 10.00. The normalized spacial score (nSPS) is 12.1. The molecule has 7 heteroatoms. The Labute approximate surface area is 99.8 Å². The molecule has 0 amide bonds. The van der Waals surface area contributed by atoms with Gasteiger partial charge in [0.25, 0.3) is 0 Å². The molecule has 0 saturated heterocycles. The van der Waals surface area contributed by atoms with Crippen molar-refractivity contribution in [3.05, 3.63) is 24.3 Å². The van der Waals surface area contributed by atoms with Crippen LogP contribution in [-0.2, 0) is 6.54 Å². The van der Waals surface area contributed by atoms with Crippen molar-refractivity contribution in [3.8, 4) is 0 Å². The van der Waals surface area contributed by atoms with E-state index in [9.17, 15) is 13.2 Å². The average Bonchev–Trinajstić information content (AvgIpc) is 2.17. The summed E-state index contributed by atoms with van der Waals surface area (Å²) in [5.74, 6) is 0.396. The van der Waals surface area contributed by atoms with Gasteiger partial charge in [-0.25, -0.2) is 9.97 Å². The molecule has 1 rings (SSSR count). The molecule has 0 unspecified atom stereocenters. The molecule has 0 spiro atoms. The van der Waals surface area contributed by atoms with Gasteiger partial charge in [-0.3, -0.25) is 4.90 Å². The highest BCUT2D eigenvalue weighted by molar-refractivity contribution is 9.09. The molecule has 1 aromatic heterocycles. The third kappa shape index (κ3) is 5.41. The number of aromatic nitrogens is 2. The van der Waals surface area contributed by atoms with Crippen LogP contribution in [-0.4, -0.2) is 39.5 Å². The van der Waals surface area contributed by atoms with Gasteiger partial charge in [-0.15, -0.1) is 0 Å². The smallest absolute Gasteiger partial charge is 0.287 e. The van der Waals surface area contributed by atoms with E-state index in [1.54, 1.807) is 6.07 Å². The molecule has 0 radical (unpaired) electrons. The second-order valence-corrected chi connectivity index (χ2v) is 3.97. The standard InChI is InChI=1S/C9H11BrF3N3/c10-2-5-16(7-9(11,12)13)6-8-14-3-1-4-15-8/h1,3-4H,2,5-7H2. The van der Waals surface area contributed by atoms with Crippen molar-refractivity contribution >= 4 is 15.9 Å². The summed E-state index contributed by atoms with van der Waals surface area (Å²) in [4.78, 5) is 9.04. The average molecular weight is 298 g/mol. The number of hydrogen-bond donors (Lipinski definition) is 0. The third-order valence-corrected chi connectivity index (χ3v) is 2.14. The molecule has 3 nitrogen and oxygen atoms in total. The Bertz CT molecular complexity index is 305. The fraction of sp³-hybridized carbons (Fsp3) is 0.556. The van der Waals surface area contributed by atoms with Crippen molar-refractivity contribution in [2.45, 2.75) is 12.7 Å². The molecule has 0 aliphatic carbocycles. The lowest BCUT2D eigenvalue weighted by Gasteiger charge is -2.21. The van der Waals surface area contributed by atoms with Gasteiger partial charge in [-0.2, -0.15) is 13.2 Å². The number of hydrogen-bond acceptors (Lipinski definition) is 3. The van der Waals surface area contributed by atoms with Crippen molar-refractivity contribution in [1.29, 1.82) is 0 Å². The monoisotopic (exact) mass is 297 g/mol. The van der Waals surface area contributed by atoms with E-state index in [2.05, 4.69) is 25.9 Å². The van der Waals surface area contributed by atoms with E-state index in [0.29, 0.717) is 17.7 Å². The van der Waals surface area contributed by atoms with Crippen molar-refractivity contribution in [2.75, 3.05) is 18.4 Å². The molecule has 0 aromatic carbocycles.